The molecule has 286 valence electrons. The number of hydrogen-bond acceptors (Lipinski definition) is 2. The minimum Gasteiger partial charge on any atom is -0.455 e. The highest BCUT2D eigenvalue weighted by atomic mass is 16.3. The Balaban J connectivity index is 1.12. The van der Waals surface area contributed by atoms with Crippen LogP contribution in [-0.4, -0.2) is 0 Å². The third-order valence-electron chi connectivity index (χ3n) is 13.4. The number of para-hydroxylation sites is 4. The first-order valence-corrected chi connectivity index (χ1v) is 21.3. The van der Waals surface area contributed by atoms with Crippen LogP contribution >= 0.6 is 0 Å². The third kappa shape index (κ3) is 4.69. The summed E-state index contributed by atoms with van der Waals surface area (Å²) in [7, 11) is 0. The molecule has 0 radical (unpaired) electrons. The van der Waals surface area contributed by atoms with Crippen molar-refractivity contribution >= 4 is 76.2 Å². The molecule has 13 aromatic rings. The van der Waals surface area contributed by atoms with Gasteiger partial charge in [-0.15, -0.1) is 0 Å². The van der Waals surface area contributed by atoms with E-state index >= 15 is 0 Å². The van der Waals surface area contributed by atoms with Crippen LogP contribution in [0.5, 0.6) is 0 Å². The summed E-state index contributed by atoms with van der Waals surface area (Å²) in [4.78, 5) is 0. The summed E-state index contributed by atoms with van der Waals surface area (Å²) in [6, 6.07) is 75.4. The smallest absolute Gasteiger partial charge is 0.143 e. The topological polar surface area (TPSA) is 26.3 Å². The van der Waals surface area contributed by atoms with E-state index in [2.05, 4.69) is 194 Å². The van der Waals surface area contributed by atoms with Crippen LogP contribution in [0.25, 0.3) is 143 Å². The molecule has 0 unspecified atom stereocenters. The summed E-state index contributed by atoms with van der Waals surface area (Å²) in [5.41, 5.74) is 17.6. The van der Waals surface area contributed by atoms with Gasteiger partial charge in [0.25, 0.3) is 0 Å². The van der Waals surface area contributed by atoms with Crippen molar-refractivity contribution in [2.45, 2.75) is 0 Å². The quantitative estimate of drug-likeness (QED) is 0.163. The monoisotopic (exact) mass is 786 g/mol. The van der Waals surface area contributed by atoms with Crippen molar-refractivity contribution in [3.05, 3.63) is 206 Å². The summed E-state index contributed by atoms with van der Waals surface area (Å²) in [5.74, 6) is 0. The second-order valence-corrected chi connectivity index (χ2v) is 16.7. The first-order chi connectivity index (χ1) is 30.7. The Morgan fingerprint density at radius 2 is 0.516 bits per heavy atom. The Bertz CT molecular complexity index is 3780. The molecule has 2 aromatic heterocycles. The molecule has 0 saturated carbocycles. The summed E-state index contributed by atoms with van der Waals surface area (Å²) in [6.07, 6.45) is 0. The van der Waals surface area contributed by atoms with Crippen LogP contribution in [0.3, 0.4) is 0 Å². The standard InChI is InChI=1S/C60H34O2/c1-2-16-42-41(15-1)45-29-27-35(37-21-11-23-49-47-19-7-9-25-57(47)61-59(37)49)31-51(45)55-33-53-43-17-5-3-13-39(43)40-14-4-6-18-44(40)54(53)34-56(55)52-32-36(28-30-46(42)52)38-22-12-24-50-48-20-8-10-26-58(48)62-60(38)50/h1-34H. The maximum atomic E-state index is 6.64. The van der Waals surface area contributed by atoms with Gasteiger partial charge in [-0.1, -0.05) is 170 Å². The van der Waals surface area contributed by atoms with Crippen LogP contribution in [0, 0.1) is 0 Å². The van der Waals surface area contributed by atoms with E-state index in [0.717, 1.165) is 66.1 Å². The Kier molecular flexibility index (Phi) is 6.86. The zero-order chi connectivity index (χ0) is 40.5. The van der Waals surface area contributed by atoms with Crippen LogP contribution in [-0.2, 0) is 0 Å². The third-order valence-corrected chi connectivity index (χ3v) is 13.4. The maximum absolute atomic E-state index is 6.64. The molecule has 0 fully saturated rings. The summed E-state index contributed by atoms with van der Waals surface area (Å²) in [5, 5.41) is 12.0. The Hall–Kier alpha value is -8.20. The van der Waals surface area contributed by atoms with Crippen LogP contribution in [0.4, 0.5) is 0 Å². The van der Waals surface area contributed by atoms with Gasteiger partial charge in [-0.25, -0.2) is 0 Å². The van der Waals surface area contributed by atoms with Gasteiger partial charge in [0.15, 0.2) is 0 Å². The first-order valence-electron chi connectivity index (χ1n) is 21.3. The van der Waals surface area contributed by atoms with Crippen molar-refractivity contribution in [3.63, 3.8) is 0 Å². The molecule has 0 saturated heterocycles. The molecular formula is C60H34O2. The molecule has 0 N–H and O–H groups in total. The zero-order valence-electron chi connectivity index (χ0n) is 33.4. The lowest BCUT2D eigenvalue weighted by molar-refractivity contribution is 0.669. The van der Waals surface area contributed by atoms with Gasteiger partial charge in [-0.05, 0) is 124 Å². The molecule has 62 heavy (non-hydrogen) atoms. The Morgan fingerprint density at radius 1 is 0.194 bits per heavy atom. The maximum Gasteiger partial charge on any atom is 0.143 e. The SMILES string of the molecule is c1ccc2c(c1)-c1ccc(-c3cccc4c3oc3ccccc34)cc1-c1cc3c4ccccc4c4ccccc4c3cc1-c1cc(-c3cccc4c3oc3ccccc34)ccc1-2. The zero-order valence-corrected chi connectivity index (χ0v) is 33.4. The van der Waals surface area contributed by atoms with Crippen LogP contribution < -0.4 is 0 Å². The predicted octanol–water partition coefficient (Wildman–Crippen LogP) is 17.3. The van der Waals surface area contributed by atoms with E-state index in [1.807, 2.05) is 12.1 Å². The highest BCUT2D eigenvalue weighted by Gasteiger charge is 2.26. The summed E-state index contributed by atoms with van der Waals surface area (Å²) >= 11 is 0. The lowest BCUT2D eigenvalue weighted by Gasteiger charge is -2.25. The van der Waals surface area contributed by atoms with Gasteiger partial charge in [0, 0.05) is 32.7 Å². The second kappa shape index (κ2) is 12.7. The average Bonchev–Trinajstić information content (AvgIpc) is 3.92. The lowest BCUT2D eigenvalue weighted by atomic mass is 9.78. The van der Waals surface area contributed by atoms with Crippen LogP contribution in [0.2, 0.25) is 0 Å². The van der Waals surface area contributed by atoms with Gasteiger partial charge in [0.2, 0.25) is 0 Å². The largest absolute Gasteiger partial charge is 0.455 e. The molecule has 0 bridgehead atoms. The minimum atomic E-state index is 0.900. The molecule has 0 atom stereocenters. The number of rotatable bonds is 2. The predicted molar refractivity (Wildman–Crippen MR) is 260 cm³/mol. The van der Waals surface area contributed by atoms with Crippen LogP contribution in [0.1, 0.15) is 0 Å². The lowest BCUT2D eigenvalue weighted by Crippen LogP contribution is -1.99. The summed E-state index contributed by atoms with van der Waals surface area (Å²) < 4.78 is 13.3. The van der Waals surface area contributed by atoms with E-state index in [9.17, 15) is 0 Å². The van der Waals surface area contributed by atoms with Crippen molar-refractivity contribution in [1.82, 2.24) is 0 Å². The fraction of sp³-hybridized carbons (Fsp3) is 0. The molecule has 0 spiro atoms. The Morgan fingerprint density at radius 3 is 0.968 bits per heavy atom. The summed E-state index contributed by atoms with van der Waals surface area (Å²) in [6.45, 7) is 0. The molecule has 1 aliphatic carbocycles. The van der Waals surface area contributed by atoms with Crippen molar-refractivity contribution < 1.29 is 8.83 Å². The fourth-order valence-corrected chi connectivity index (χ4v) is 10.6. The first kappa shape index (κ1) is 33.6. The highest BCUT2D eigenvalue weighted by Crippen LogP contribution is 2.52. The molecule has 0 amide bonds. The molecule has 0 aliphatic heterocycles. The average molecular weight is 787 g/mol. The van der Waals surface area contributed by atoms with E-state index in [1.165, 1.54) is 76.8 Å². The van der Waals surface area contributed by atoms with Crippen molar-refractivity contribution in [3.8, 4) is 66.8 Å². The normalized spacial score (nSPS) is 12.2. The van der Waals surface area contributed by atoms with E-state index in [-0.39, 0.29) is 0 Å². The second-order valence-electron chi connectivity index (χ2n) is 16.7. The van der Waals surface area contributed by atoms with Crippen LogP contribution in [0.15, 0.2) is 215 Å². The molecule has 1 aliphatic rings. The molecule has 11 aromatic carbocycles. The van der Waals surface area contributed by atoms with E-state index in [4.69, 9.17) is 8.83 Å². The van der Waals surface area contributed by atoms with E-state index in [0.29, 0.717) is 0 Å². The minimum absolute atomic E-state index is 0.900. The number of furan rings is 2. The highest BCUT2D eigenvalue weighted by molar-refractivity contribution is 6.27. The molecular weight excluding hydrogens is 753 g/mol. The number of benzene rings is 11. The Labute approximate surface area is 356 Å². The number of fused-ring (bicyclic) bond motifs is 20. The fourth-order valence-electron chi connectivity index (χ4n) is 10.6. The van der Waals surface area contributed by atoms with Crippen molar-refractivity contribution in [2.75, 3.05) is 0 Å². The van der Waals surface area contributed by atoms with Gasteiger partial charge in [0.1, 0.15) is 22.3 Å². The van der Waals surface area contributed by atoms with Gasteiger partial charge in [-0.2, -0.15) is 0 Å². The molecule has 2 heteroatoms. The van der Waals surface area contributed by atoms with E-state index in [1.54, 1.807) is 0 Å². The van der Waals surface area contributed by atoms with Gasteiger partial charge in [0.05, 0.1) is 0 Å². The van der Waals surface area contributed by atoms with E-state index < -0.39 is 0 Å². The van der Waals surface area contributed by atoms with Gasteiger partial charge >= 0.3 is 0 Å². The van der Waals surface area contributed by atoms with Gasteiger partial charge < -0.3 is 8.83 Å². The molecule has 2 nitrogen and oxygen atoms in total. The molecule has 2 heterocycles. The van der Waals surface area contributed by atoms with Gasteiger partial charge in [-0.3, -0.25) is 0 Å². The van der Waals surface area contributed by atoms with Crippen molar-refractivity contribution in [1.29, 1.82) is 0 Å². The molecule has 14 rings (SSSR count). The number of hydrogen-bond donors (Lipinski definition) is 0. The van der Waals surface area contributed by atoms with Crippen molar-refractivity contribution in [2.24, 2.45) is 0 Å².